The predicted octanol–water partition coefficient (Wildman–Crippen LogP) is 5.72. The molecule has 0 unspecified atom stereocenters. The fraction of sp³-hybridized carbons (Fsp3) is 0.214. The number of para-hydroxylation sites is 1. The van der Waals surface area contributed by atoms with Crippen LogP contribution in [-0.4, -0.2) is 35.5 Å². The maximum absolute atomic E-state index is 13.4. The number of hydrogen-bond acceptors (Lipinski definition) is 6. The number of nitrogens with one attached hydrogen (secondary N) is 1. The number of fused-ring (bicyclic) bond motifs is 1. The van der Waals surface area contributed by atoms with Crippen molar-refractivity contribution in [1.29, 1.82) is 0 Å². The van der Waals surface area contributed by atoms with Crippen LogP contribution in [0.1, 0.15) is 37.6 Å². The van der Waals surface area contributed by atoms with Crippen LogP contribution in [0.25, 0.3) is 10.9 Å². The van der Waals surface area contributed by atoms with Crippen molar-refractivity contribution in [3.05, 3.63) is 92.7 Å². The van der Waals surface area contributed by atoms with E-state index in [0.717, 1.165) is 10.9 Å². The molecule has 0 aliphatic carbocycles. The first-order valence-electron chi connectivity index (χ1n) is 11.9. The molecule has 4 aromatic rings. The zero-order valence-corrected chi connectivity index (χ0v) is 22.7. The number of carbonyl (C=O) groups excluding carboxylic acids is 1. The molecule has 0 saturated heterocycles. The van der Waals surface area contributed by atoms with E-state index in [1.54, 1.807) is 36.4 Å². The summed E-state index contributed by atoms with van der Waals surface area (Å²) in [5.41, 5.74) is 1.09. The van der Waals surface area contributed by atoms with E-state index >= 15 is 0 Å². The Labute approximate surface area is 227 Å². The van der Waals surface area contributed by atoms with Gasteiger partial charge in [0.25, 0.3) is 11.5 Å². The second-order valence-corrected chi connectivity index (χ2v) is 9.44. The topological polar surface area (TPSA) is 94.8 Å². The highest BCUT2D eigenvalue weighted by Gasteiger charge is 2.17. The average Bonchev–Trinajstić information content (AvgIpc) is 2.91. The lowest BCUT2D eigenvalue weighted by Crippen LogP contribution is -2.24. The molecule has 196 valence electrons. The Bertz CT molecular complexity index is 1570. The summed E-state index contributed by atoms with van der Waals surface area (Å²) in [5, 5.41) is 7.51. The average molecular weight is 581 g/mol. The monoisotopic (exact) mass is 580 g/mol. The molecule has 0 saturated carbocycles. The predicted molar refractivity (Wildman–Crippen MR) is 149 cm³/mol. The van der Waals surface area contributed by atoms with E-state index in [4.69, 9.17) is 14.5 Å². The van der Waals surface area contributed by atoms with Crippen molar-refractivity contribution >= 4 is 44.6 Å². The highest BCUT2D eigenvalue weighted by Crippen LogP contribution is 2.30. The van der Waals surface area contributed by atoms with Crippen LogP contribution < -0.4 is 20.3 Å². The molecule has 4 rings (SSSR count). The minimum absolute atomic E-state index is 0.0274. The lowest BCUT2D eigenvalue weighted by atomic mass is 10.1. The smallest absolute Gasteiger partial charge is 0.282 e. The van der Waals surface area contributed by atoms with Gasteiger partial charge in [-0.15, -0.1) is 0 Å². The van der Waals surface area contributed by atoms with Crippen molar-refractivity contribution < 1.29 is 18.7 Å². The van der Waals surface area contributed by atoms with E-state index in [2.05, 4.69) is 26.3 Å². The molecular weight excluding hydrogens is 555 g/mol. The summed E-state index contributed by atoms with van der Waals surface area (Å²) >= 11 is 3.41. The molecule has 0 aliphatic rings. The van der Waals surface area contributed by atoms with Gasteiger partial charge >= 0.3 is 0 Å². The summed E-state index contributed by atoms with van der Waals surface area (Å²) < 4.78 is 26.7. The van der Waals surface area contributed by atoms with Gasteiger partial charge in [0.15, 0.2) is 18.1 Å². The molecule has 3 aromatic carbocycles. The number of anilines is 1. The lowest BCUT2D eigenvalue weighted by Gasteiger charge is -2.15. The van der Waals surface area contributed by atoms with Gasteiger partial charge in [-0.25, -0.2) is 9.37 Å². The fourth-order valence-corrected chi connectivity index (χ4v) is 4.11. The summed E-state index contributed by atoms with van der Waals surface area (Å²) in [5.74, 6) is 0.202. The number of halogens is 2. The zero-order chi connectivity index (χ0) is 27.2. The van der Waals surface area contributed by atoms with Crippen molar-refractivity contribution in [3.63, 3.8) is 0 Å². The first-order chi connectivity index (χ1) is 18.3. The van der Waals surface area contributed by atoms with Crippen molar-refractivity contribution in [2.24, 2.45) is 5.10 Å². The van der Waals surface area contributed by atoms with Gasteiger partial charge in [0.2, 0.25) is 0 Å². The quantitative estimate of drug-likeness (QED) is 0.255. The van der Waals surface area contributed by atoms with Gasteiger partial charge in [0.1, 0.15) is 11.6 Å². The number of carbonyl (C=O) groups is 1. The van der Waals surface area contributed by atoms with Crippen LogP contribution in [-0.2, 0) is 4.79 Å². The van der Waals surface area contributed by atoms with Crippen molar-refractivity contribution in [2.75, 3.05) is 19.0 Å². The fourth-order valence-electron chi connectivity index (χ4n) is 3.75. The van der Waals surface area contributed by atoms with E-state index in [9.17, 15) is 14.0 Å². The van der Waals surface area contributed by atoms with E-state index < -0.39 is 11.7 Å². The summed E-state index contributed by atoms with van der Waals surface area (Å²) in [6.45, 7) is 3.64. The SMILES string of the molecule is CC[C@H](C)c1nc2ccc(Br)cc2c(=O)n1N=Cc1cccc(OC)c1OCC(=O)Nc1cccc(F)c1. The number of aromatic nitrogens is 2. The third-order valence-corrected chi connectivity index (χ3v) is 6.38. The Morgan fingerprint density at radius 1 is 1.21 bits per heavy atom. The van der Waals surface area contributed by atoms with Gasteiger partial charge in [-0.2, -0.15) is 9.78 Å². The van der Waals surface area contributed by atoms with E-state index in [0.29, 0.717) is 33.7 Å². The van der Waals surface area contributed by atoms with Crippen LogP contribution in [0, 0.1) is 5.82 Å². The van der Waals surface area contributed by atoms with Gasteiger partial charge in [-0.05, 0) is 55.0 Å². The number of ether oxygens (including phenoxy) is 2. The third-order valence-electron chi connectivity index (χ3n) is 5.88. The first kappa shape index (κ1) is 27.0. The van der Waals surface area contributed by atoms with Gasteiger partial charge in [-0.1, -0.05) is 41.9 Å². The van der Waals surface area contributed by atoms with E-state index in [1.807, 2.05) is 19.9 Å². The molecular formula is C28H26BrFN4O4. The minimum atomic E-state index is -0.482. The van der Waals surface area contributed by atoms with E-state index in [1.165, 1.54) is 36.2 Å². The molecule has 0 aliphatic heterocycles. The standard InChI is InChI=1S/C28H26BrFN4O4/c1-4-17(2)27-33-23-12-11-19(29)13-22(23)28(36)34(27)31-15-18-7-5-10-24(37-3)26(18)38-16-25(35)32-21-9-6-8-20(30)14-21/h5-15,17H,4,16H2,1-3H3,(H,32,35)/t17-/m0/s1. The maximum Gasteiger partial charge on any atom is 0.282 e. The molecule has 38 heavy (non-hydrogen) atoms. The Balaban J connectivity index is 1.67. The van der Waals surface area contributed by atoms with E-state index in [-0.39, 0.29) is 23.8 Å². The number of nitrogens with zero attached hydrogens (tertiary/aromatic N) is 3. The molecule has 0 bridgehead atoms. The van der Waals surface area contributed by atoms with Crippen LogP contribution in [0.3, 0.4) is 0 Å². The highest BCUT2D eigenvalue weighted by molar-refractivity contribution is 9.10. The van der Waals surface area contributed by atoms with Gasteiger partial charge in [-0.3, -0.25) is 9.59 Å². The number of benzene rings is 3. The van der Waals surface area contributed by atoms with Crippen LogP contribution in [0.15, 0.2) is 75.0 Å². The highest BCUT2D eigenvalue weighted by atomic mass is 79.9. The van der Waals surface area contributed by atoms with Crippen molar-refractivity contribution in [1.82, 2.24) is 9.66 Å². The van der Waals surface area contributed by atoms with Crippen LogP contribution in [0.2, 0.25) is 0 Å². The maximum atomic E-state index is 13.4. The van der Waals surface area contributed by atoms with Gasteiger partial charge < -0.3 is 14.8 Å². The van der Waals surface area contributed by atoms with Gasteiger partial charge in [0.05, 0.1) is 24.2 Å². The molecule has 1 atom stereocenters. The third kappa shape index (κ3) is 6.08. The summed E-state index contributed by atoms with van der Waals surface area (Å²) in [7, 11) is 1.48. The molecule has 0 spiro atoms. The lowest BCUT2D eigenvalue weighted by molar-refractivity contribution is -0.118. The summed E-state index contributed by atoms with van der Waals surface area (Å²) in [4.78, 5) is 30.6. The second kappa shape index (κ2) is 12.0. The molecule has 1 amide bonds. The number of rotatable bonds is 9. The van der Waals surface area contributed by atoms with Crippen molar-refractivity contribution in [3.8, 4) is 11.5 Å². The Kier molecular flexibility index (Phi) is 8.52. The van der Waals surface area contributed by atoms with Crippen LogP contribution in [0.5, 0.6) is 11.5 Å². The Morgan fingerprint density at radius 2 is 2.00 bits per heavy atom. The molecule has 10 heteroatoms. The Morgan fingerprint density at radius 3 is 2.74 bits per heavy atom. The summed E-state index contributed by atoms with van der Waals surface area (Å²) in [6.07, 6.45) is 2.24. The minimum Gasteiger partial charge on any atom is -0.493 e. The first-order valence-corrected chi connectivity index (χ1v) is 12.7. The number of amides is 1. The zero-order valence-electron chi connectivity index (χ0n) is 21.1. The van der Waals surface area contributed by atoms with Crippen LogP contribution in [0.4, 0.5) is 10.1 Å². The molecule has 8 nitrogen and oxygen atoms in total. The molecule has 1 heterocycles. The molecule has 0 radical (unpaired) electrons. The molecule has 0 fully saturated rings. The molecule has 1 N–H and O–H groups in total. The van der Waals surface area contributed by atoms with Gasteiger partial charge in [0, 0.05) is 21.6 Å². The Hall–Kier alpha value is -4.05. The summed E-state index contributed by atoms with van der Waals surface area (Å²) in [6, 6.07) is 16.1. The van der Waals surface area contributed by atoms with Crippen molar-refractivity contribution in [2.45, 2.75) is 26.2 Å². The molecule has 1 aromatic heterocycles. The second-order valence-electron chi connectivity index (χ2n) is 8.53. The number of hydrogen-bond donors (Lipinski definition) is 1. The number of methoxy groups -OCH3 is 1. The largest absolute Gasteiger partial charge is 0.493 e. The normalized spacial score (nSPS) is 12.0. The van der Waals surface area contributed by atoms with Crippen LogP contribution >= 0.6 is 15.9 Å².